The van der Waals surface area contributed by atoms with E-state index in [0.717, 1.165) is 12.8 Å². The average molecular weight is 407 g/mol. The van der Waals surface area contributed by atoms with Crippen molar-refractivity contribution in [3.05, 3.63) is 66.9 Å². The van der Waals surface area contributed by atoms with Crippen LogP contribution in [0.15, 0.2) is 66.9 Å². The molecule has 0 atom stereocenters. The van der Waals surface area contributed by atoms with E-state index in [2.05, 4.69) is 94.8 Å². The molecule has 0 saturated heterocycles. The van der Waals surface area contributed by atoms with E-state index in [1.165, 1.54) is 61.4 Å². The molecular formula is C29H44N+. The predicted molar refractivity (Wildman–Crippen MR) is 134 cm³/mol. The monoisotopic (exact) mass is 406 g/mol. The third-order valence-electron chi connectivity index (χ3n) is 8.05. The zero-order chi connectivity index (χ0) is 23.1. The Balaban J connectivity index is 2.51. The molecule has 1 nitrogen and oxygen atoms in total. The normalized spacial score (nSPS) is 21.2. The van der Waals surface area contributed by atoms with Gasteiger partial charge in [-0.1, -0.05) is 19.4 Å². The molecule has 1 heteroatoms. The van der Waals surface area contributed by atoms with Crippen molar-refractivity contribution in [1.29, 1.82) is 0 Å². The summed E-state index contributed by atoms with van der Waals surface area (Å²) < 4.78 is 2.28. The average Bonchev–Trinajstić information content (AvgIpc) is 3.16. The van der Waals surface area contributed by atoms with E-state index in [0.29, 0.717) is 5.92 Å². The summed E-state index contributed by atoms with van der Waals surface area (Å²) in [7, 11) is 4.32. The van der Waals surface area contributed by atoms with Crippen LogP contribution in [0.25, 0.3) is 0 Å². The first-order valence-corrected chi connectivity index (χ1v) is 11.5. The number of rotatable bonds is 4. The molecule has 0 unspecified atom stereocenters. The molecule has 0 fully saturated rings. The summed E-state index contributed by atoms with van der Waals surface area (Å²) in [6.45, 7) is 25.4. The summed E-state index contributed by atoms with van der Waals surface area (Å²) in [4.78, 5) is 0. The zero-order valence-electron chi connectivity index (χ0n) is 21.9. The Labute approximate surface area is 186 Å². The van der Waals surface area contributed by atoms with Gasteiger partial charge < -0.3 is 0 Å². The Morgan fingerprint density at radius 3 is 1.70 bits per heavy atom. The third kappa shape index (κ3) is 4.27. The van der Waals surface area contributed by atoms with Crippen LogP contribution in [0.3, 0.4) is 0 Å². The van der Waals surface area contributed by atoms with Crippen LogP contribution in [0.4, 0.5) is 0 Å². The van der Waals surface area contributed by atoms with E-state index in [1.54, 1.807) is 11.1 Å². The van der Waals surface area contributed by atoms with Crippen LogP contribution >= 0.6 is 0 Å². The summed E-state index contributed by atoms with van der Waals surface area (Å²) in [6.07, 6.45) is 2.17. The van der Waals surface area contributed by atoms with Crippen molar-refractivity contribution in [2.75, 3.05) is 14.1 Å². The fourth-order valence-corrected chi connectivity index (χ4v) is 5.05. The fraction of sp³-hybridized carbons (Fsp3) is 0.552. The van der Waals surface area contributed by atoms with E-state index in [1.807, 2.05) is 0 Å². The number of nitrogens with zero attached hydrogens (tertiary/aromatic N) is 1. The first-order chi connectivity index (χ1) is 13.8. The fourth-order valence-electron chi connectivity index (χ4n) is 5.05. The van der Waals surface area contributed by atoms with Crippen molar-refractivity contribution >= 4 is 5.71 Å². The second-order valence-corrected chi connectivity index (χ2v) is 9.96. The van der Waals surface area contributed by atoms with E-state index < -0.39 is 0 Å². The molecule has 0 aromatic carbocycles. The molecule has 30 heavy (non-hydrogen) atoms. The molecule has 0 heterocycles. The van der Waals surface area contributed by atoms with Gasteiger partial charge in [-0.2, -0.15) is 0 Å². The molecule has 2 aliphatic carbocycles. The molecule has 2 aliphatic rings. The maximum atomic E-state index is 2.33. The lowest BCUT2D eigenvalue weighted by molar-refractivity contribution is -0.464. The van der Waals surface area contributed by atoms with Gasteiger partial charge in [0, 0.05) is 5.57 Å². The second-order valence-electron chi connectivity index (χ2n) is 9.96. The van der Waals surface area contributed by atoms with Crippen LogP contribution < -0.4 is 0 Å². The highest BCUT2D eigenvalue weighted by molar-refractivity contribution is 6.03. The standard InChI is InChI=1S/C29H44N/c1-16(2)26-14-27(23(9)22(26)8)20(6)18(4)17(3)19(5)21(7)28-15-29(30(12)13)25(11)24(28)10/h16H,14-15H2,1-13H3/q+1/b19-17+,20-18?,28-21?. The van der Waals surface area contributed by atoms with Gasteiger partial charge in [0.15, 0.2) is 5.71 Å². The van der Waals surface area contributed by atoms with E-state index in [4.69, 9.17) is 0 Å². The van der Waals surface area contributed by atoms with Crippen molar-refractivity contribution in [3.63, 3.8) is 0 Å². The van der Waals surface area contributed by atoms with Crippen molar-refractivity contribution in [2.45, 2.75) is 89.0 Å². The zero-order valence-corrected chi connectivity index (χ0v) is 21.9. The first kappa shape index (κ1) is 24.4. The lowest BCUT2D eigenvalue weighted by Crippen LogP contribution is -2.11. The van der Waals surface area contributed by atoms with Crippen LogP contribution in [-0.4, -0.2) is 24.4 Å². The summed E-state index contributed by atoms with van der Waals surface area (Å²) in [5.41, 5.74) is 19.2. The molecule has 0 aromatic heterocycles. The highest BCUT2D eigenvalue weighted by Crippen LogP contribution is 2.41. The van der Waals surface area contributed by atoms with Gasteiger partial charge in [-0.05, 0) is 130 Å². The van der Waals surface area contributed by atoms with Crippen molar-refractivity contribution in [2.24, 2.45) is 5.92 Å². The Morgan fingerprint density at radius 1 is 0.700 bits per heavy atom. The van der Waals surface area contributed by atoms with Gasteiger partial charge in [0.25, 0.3) is 0 Å². The van der Waals surface area contributed by atoms with Gasteiger partial charge in [0.05, 0.1) is 6.42 Å². The maximum Gasteiger partial charge on any atom is 0.183 e. The highest BCUT2D eigenvalue weighted by Gasteiger charge is 2.27. The van der Waals surface area contributed by atoms with E-state index in [9.17, 15) is 0 Å². The molecule has 0 bridgehead atoms. The Hall–Kier alpha value is -1.89. The number of allylic oxidation sites excluding steroid dienone is 12. The van der Waals surface area contributed by atoms with Crippen molar-refractivity contribution in [3.8, 4) is 0 Å². The molecule has 0 amide bonds. The van der Waals surface area contributed by atoms with Crippen LogP contribution in [0.5, 0.6) is 0 Å². The van der Waals surface area contributed by atoms with Crippen LogP contribution in [0.2, 0.25) is 0 Å². The largest absolute Gasteiger partial charge is 0.238 e. The van der Waals surface area contributed by atoms with Gasteiger partial charge >= 0.3 is 0 Å². The smallest absolute Gasteiger partial charge is 0.183 e. The minimum absolute atomic E-state index is 0.624. The minimum atomic E-state index is 0.624. The quantitative estimate of drug-likeness (QED) is 0.327. The minimum Gasteiger partial charge on any atom is -0.238 e. The van der Waals surface area contributed by atoms with Gasteiger partial charge in [0.1, 0.15) is 14.1 Å². The summed E-state index contributed by atoms with van der Waals surface area (Å²) in [6, 6.07) is 0. The summed E-state index contributed by atoms with van der Waals surface area (Å²) in [5, 5.41) is 0. The van der Waals surface area contributed by atoms with Crippen LogP contribution in [0.1, 0.15) is 89.0 Å². The molecule has 164 valence electrons. The lowest BCUT2D eigenvalue weighted by Gasteiger charge is -2.17. The maximum absolute atomic E-state index is 2.33. The molecule has 0 radical (unpaired) electrons. The Morgan fingerprint density at radius 2 is 1.27 bits per heavy atom. The second kappa shape index (κ2) is 9.08. The molecule has 2 rings (SSSR count). The Bertz CT molecular complexity index is 987. The van der Waals surface area contributed by atoms with Crippen molar-refractivity contribution < 1.29 is 4.58 Å². The first-order valence-electron chi connectivity index (χ1n) is 11.5. The van der Waals surface area contributed by atoms with Gasteiger partial charge in [-0.25, -0.2) is 4.58 Å². The summed E-state index contributed by atoms with van der Waals surface area (Å²) >= 11 is 0. The van der Waals surface area contributed by atoms with Crippen molar-refractivity contribution in [1.82, 2.24) is 0 Å². The van der Waals surface area contributed by atoms with Gasteiger partial charge in [-0.3, -0.25) is 0 Å². The van der Waals surface area contributed by atoms with Crippen LogP contribution in [0, 0.1) is 5.92 Å². The lowest BCUT2D eigenvalue weighted by atomic mass is 9.88. The van der Waals surface area contributed by atoms with Crippen LogP contribution in [-0.2, 0) is 0 Å². The van der Waals surface area contributed by atoms with Gasteiger partial charge in [-0.15, -0.1) is 0 Å². The molecule has 0 aromatic rings. The number of hydrogen-bond acceptors (Lipinski definition) is 0. The number of hydrogen-bond donors (Lipinski definition) is 0. The molecule has 0 spiro atoms. The topological polar surface area (TPSA) is 3.01 Å². The highest BCUT2D eigenvalue weighted by atomic mass is 14.9. The Kier molecular flexibility index (Phi) is 7.38. The SMILES string of the molecule is CC1=C(C)C(=[N+](C)C)CC1=C(C)/C(C)=C(\C)C(C)=C(C)C1=C(C)C(C)=C(C(C)C)C1. The summed E-state index contributed by atoms with van der Waals surface area (Å²) in [5.74, 6) is 0.624. The molecule has 0 aliphatic heterocycles. The third-order valence-corrected chi connectivity index (χ3v) is 8.05. The van der Waals surface area contributed by atoms with E-state index >= 15 is 0 Å². The predicted octanol–water partition coefficient (Wildman–Crippen LogP) is 8.12. The molecule has 0 saturated carbocycles. The van der Waals surface area contributed by atoms with E-state index in [-0.39, 0.29) is 0 Å². The molecular weight excluding hydrogens is 362 g/mol. The van der Waals surface area contributed by atoms with Gasteiger partial charge in [0.2, 0.25) is 0 Å². The molecule has 0 N–H and O–H groups in total.